The van der Waals surface area contributed by atoms with E-state index in [2.05, 4.69) is 15.6 Å². The zero-order valence-corrected chi connectivity index (χ0v) is 17.1. The number of hydrogen-bond acceptors (Lipinski definition) is 4. The van der Waals surface area contributed by atoms with Gasteiger partial charge in [0.15, 0.2) is 5.69 Å². The molecule has 2 amide bonds. The maximum atomic E-state index is 12.8. The molecule has 1 aliphatic heterocycles. The summed E-state index contributed by atoms with van der Waals surface area (Å²) in [6.07, 6.45) is 8.70. The summed E-state index contributed by atoms with van der Waals surface area (Å²) in [5, 5.41) is 11.8. The molecule has 0 spiro atoms. The molecule has 8 heteroatoms. The molecule has 4 rings (SSSR count). The molecule has 1 N–H and O–H groups in total. The molecule has 0 unspecified atom stereocenters. The molecule has 7 nitrogen and oxygen atoms in total. The highest BCUT2D eigenvalue weighted by molar-refractivity contribution is 6.32. The lowest BCUT2D eigenvalue weighted by atomic mass is 9.88. The minimum Gasteiger partial charge on any atom is -0.353 e. The number of rotatable bonds is 4. The predicted molar refractivity (Wildman–Crippen MR) is 110 cm³/mol. The van der Waals surface area contributed by atoms with Crippen LogP contribution >= 0.6 is 11.6 Å². The van der Waals surface area contributed by atoms with Gasteiger partial charge < -0.3 is 10.2 Å². The molecule has 2 heterocycles. The molecule has 0 radical (unpaired) electrons. The fraction of sp³-hybridized carbons (Fsp3) is 0.524. The normalized spacial score (nSPS) is 18.6. The Balaban J connectivity index is 1.31. The zero-order valence-electron chi connectivity index (χ0n) is 16.4. The Morgan fingerprint density at radius 3 is 2.48 bits per heavy atom. The number of amides is 2. The Morgan fingerprint density at radius 2 is 1.76 bits per heavy atom. The first-order valence-electron chi connectivity index (χ1n) is 10.4. The van der Waals surface area contributed by atoms with Gasteiger partial charge in [-0.3, -0.25) is 9.59 Å². The van der Waals surface area contributed by atoms with E-state index in [1.807, 2.05) is 18.2 Å². The summed E-state index contributed by atoms with van der Waals surface area (Å²) < 4.78 is 1.52. The lowest BCUT2D eigenvalue weighted by Gasteiger charge is -2.33. The third kappa shape index (κ3) is 4.61. The Hall–Kier alpha value is -2.41. The monoisotopic (exact) mass is 415 g/mol. The van der Waals surface area contributed by atoms with Crippen molar-refractivity contribution in [2.45, 2.75) is 51.0 Å². The summed E-state index contributed by atoms with van der Waals surface area (Å²) in [5.74, 6) is 0.223. The van der Waals surface area contributed by atoms with Gasteiger partial charge in [0.25, 0.3) is 5.91 Å². The molecule has 2 aromatic rings. The quantitative estimate of drug-likeness (QED) is 0.831. The van der Waals surface area contributed by atoms with Crippen molar-refractivity contribution < 1.29 is 9.59 Å². The van der Waals surface area contributed by atoms with E-state index in [1.54, 1.807) is 17.2 Å². The second-order valence-corrected chi connectivity index (χ2v) is 8.32. The van der Waals surface area contributed by atoms with E-state index in [0.29, 0.717) is 29.5 Å². The minimum atomic E-state index is -0.139. The number of carbonyl (C=O) groups is 2. The lowest BCUT2D eigenvalue weighted by Crippen LogP contribution is -2.48. The van der Waals surface area contributed by atoms with Crippen molar-refractivity contribution in [3.05, 3.63) is 41.2 Å². The van der Waals surface area contributed by atoms with E-state index in [9.17, 15) is 9.59 Å². The van der Waals surface area contributed by atoms with Gasteiger partial charge in [-0.2, -0.15) is 0 Å². The van der Waals surface area contributed by atoms with Crippen molar-refractivity contribution in [1.29, 1.82) is 0 Å². The molecular formula is C21H26ClN5O2. The maximum absolute atomic E-state index is 12.8. The van der Waals surface area contributed by atoms with Gasteiger partial charge in [-0.1, -0.05) is 48.2 Å². The summed E-state index contributed by atoms with van der Waals surface area (Å²) in [5.41, 5.74) is 0.986. The van der Waals surface area contributed by atoms with Crippen LogP contribution in [0.4, 0.5) is 0 Å². The van der Waals surface area contributed by atoms with Crippen LogP contribution in [0.3, 0.4) is 0 Å². The summed E-state index contributed by atoms with van der Waals surface area (Å²) in [4.78, 5) is 27.0. The molecule has 0 atom stereocenters. The highest BCUT2D eigenvalue weighted by Gasteiger charge is 2.28. The Kier molecular flexibility index (Phi) is 6.13. The molecule has 0 bridgehead atoms. The molecule has 2 aliphatic rings. The third-order valence-corrected chi connectivity index (χ3v) is 6.24. The molecule has 1 aromatic carbocycles. The lowest BCUT2D eigenvalue weighted by molar-refractivity contribution is -0.126. The fourth-order valence-electron chi connectivity index (χ4n) is 4.19. The van der Waals surface area contributed by atoms with E-state index >= 15 is 0 Å². The Morgan fingerprint density at radius 1 is 1.03 bits per heavy atom. The maximum Gasteiger partial charge on any atom is 0.276 e. The molecule has 1 aliphatic carbocycles. The number of nitrogens with zero attached hydrogens (tertiary/aromatic N) is 4. The molecule has 1 aromatic heterocycles. The standard InChI is InChI=1S/C21H26ClN5O2/c22-17-8-4-5-9-19(17)27-14-18(24-25-27)21(29)26-12-10-16(11-13-26)23-20(28)15-6-2-1-3-7-15/h4-5,8-9,14-16H,1-3,6-7,10-13H2,(H,23,28). The van der Waals surface area contributed by atoms with E-state index < -0.39 is 0 Å². The fourth-order valence-corrected chi connectivity index (χ4v) is 4.41. The van der Waals surface area contributed by atoms with Gasteiger partial charge in [0.2, 0.25) is 5.91 Å². The summed E-state index contributed by atoms with van der Waals surface area (Å²) >= 11 is 6.19. The van der Waals surface area contributed by atoms with Gasteiger partial charge in [0.1, 0.15) is 0 Å². The summed E-state index contributed by atoms with van der Waals surface area (Å²) in [7, 11) is 0. The molecule has 1 saturated heterocycles. The number of para-hydroxylation sites is 1. The van der Waals surface area contributed by atoms with Crippen molar-refractivity contribution in [3.8, 4) is 5.69 Å². The molecule has 1 saturated carbocycles. The van der Waals surface area contributed by atoms with Crippen LogP contribution in [0, 0.1) is 5.92 Å². The zero-order chi connectivity index (χ0) is 20.2. The van der Waals surface area contributed by atoms with E-state index in [1.165, 1.54) is 11.1 Å². The average molecular weight is 416 g/mol. The summed E-state index contributed by atoms with van der Waals surface area (Å²) in [6, 6.07) is 7.44. The number of benzene rings is 1. The number of likely N-dealkylation sites (tertiary alicyclic amines) is 1. The van der Waals surface area contributed by atoms with Gasteiger partial charge in [0.05, 0.1) is 16.9 Å². The predicted octanol–water partition coefficient (Wildman–Crippen LogP) is 3.22. The Labute approximate surface area is 175 Å². The highest BCUT2D eigenvalue weighted by Crippen LogP contribution is 2.24. The van der Waals surface area contributed by atoms with Gasteiger partial charge in [-0.15, -0.1) is 5.10 Å². The van der Waals surface area contributed by atoms with Crippen LogP contribution in [0.5, 0.6) is 0 Å². The number of nitrogens with one attached hydrogen (secondary N) is 1. The SMILES string of the molecule is O=C(NC1CCN(C(=O)c2cn(-c3ccccc3Cl)nn2)CC1)C1CCCCC1. The van der Waals surface area contributed by atoms with Crippen LogP contribution in [0.25, 0.3) is 5.69 Å². The van der Waals surface area contributed by atoms with Gasteiger partial charge >= 0.3 is 0 Å². The van der Waals surface area contributed by atoms with Crippen LogP contribution in [0.15, 0.2) is 30.5 Å². The smallest absolute Gasteiger partial charge is 0.276 e. The van der Waals surface area contributed by atoms with Gasteiger partial charge in [0, 0.05) is 25.0 Å². The first-order valence-corrected chi connectivity index (χ1v) is 10.8. The Bertz CT molecular complexity index is 869. The number of piperidine rings is 1. The van der Waals surface area contributed by atoms with Crippen LogP contribution < -0.4 is 5.32 Å². The number of hydrogen-bond donors (Lipinski definition) is 1. The van der Waals surface area contributed by atoms with Crippen molar-refractivity contribution >= 4 is 23.4 Å². The van der Waals surface area contributed by atoms with Crippen molar-refractivity contribution in [3.63, 3.8) is 0 Å². The van der Waals surface area contributed by atoms with E-state index in [-0.39, 0.29) is 23.8 Å². The van der Waals surface area contributed by atoms with Crippen molar-refractivity contribution in [2.24, 2.45) is 5.92 Å². The number of carbonyl (C=O) groups excluding carboxylic acids is 2. The molecule has 2 fully saturated rings. The highest BCUT2D eigenvalue weighted by atomic mass is 35.5. The van der Waals surface area contributed by atoms with Crippen LogP contribution in [-0.4, -0.2) is 50.8 Å². The van der Waals surface area contributed by atoms with Crippen LogP contribution in [0.2, 0.25) is 5.02 Å². The first-order chi connectivity index (χ1) is 14.1. The van der Waals surface area contributed by atoms with Gasteiger partial charge in [-0.05, 0) is 37.8 Å². The van der Waals surface area contributed by atoms with E-state index in [4.69, 9.17) is 11.6 Å². The third-order valence-electron chi connectivity index (χ3n) is 5.92. The topological polar surface area (TPSA) is 80.1 Å². The molecule has 29 heavy (non-hydrogen) atoms. The largest absolute Gasteiger partial charge is 0.353 e. The van der Waals surface area contributed by atoms with Gasteiger partial charge in [-0.25, -0.2) is 4.68 Å². The molecule has 154 valence electrons. The summed E-state index contributed by atoms with van der Waals surface area (Å²) in [6.45, 7) is 1.21. The van der Waals surface area contributed by atoms with Crippen LogP contribution in [0.1, 0.15) is 55.4 Å². The minimum absolute atomic E-state index is 0.139. The van der Waals surface area contributed by atoms with Crippen molar-refractivity contribution in [1.82, 2.24) is 25.2 Å². The molecular weight excluding hydrogens is 390 g/mol. The second kappa shape index (κ2) is 8.95. The van der Waals surface area contributed by atoms with Crippen LogP contribution in [-0.2, 0) is 4.79 Å². The average Bonchev–Trinajstić information content (AvgIpc) is 3.25. The van der Waals surface area contributed by atoms with Crippen molar-refractivity contribution in [2.75, 3.05) is 13.1 Å². The first kappa shape index (κ1) is 19.9. The number of halogens is 1. The number of aromatic nitrogens is 3. The second-order valence-electron chi connectivity index (χ2n) is 7.91. The van der Waals surface area contributed by atoms with E-state index in [0.717, 1.165) is 38.5 Å².